The van der Waals surface area contributed by atoms with Crippen molar-refractivity contribution >= 4 is 24.3 Å². The molecule has 3 heterocycles. The Morgan fingerprint density at radius 3 is 1.56 bits per heavy atom. The van der Waals surface area contributed by atoms with Gasteiger partial charge in [0, 0.05) is 24.3 Å². The molecular formula is C27H26NO4+. The molecule has 5 nitrogen and oxygen atoms in total. The molecular weight excluding hydrogens is 402 g/mol. The Morgan fingerprint density at radius 1 is 0.625 bits per heavy atom. The topological polar surface area (TPSA) is 40.8 Å². The van der Waals surface area contributed by atoms with Crippen molar-refractivity contribution in [1.82, 2.24) is 0 Å². The van der Waals surface area contributed by atoms with Crippen LogP contribution in [0.1, 0.15) is 29.4 Å². The second kappa shape index (κ2) is 9.18. The molecule has 0 radical (unpaired) electrons. The third kappa shape index (κ3) is 4.33. The highest BCUT2D eigenvalue weighted by Crippen LogP contribution is 2.32. The molecule has 0 N–H and O–H groups in total. The van der Waals surface area contributed by atoms with Crippen molar-refractivity contribution in [2.24, 2.45) is 0 Å². The van der Waals surface area contributed by atoms with Crippen LogP contribution in [-0.2, 0) is 6.54 Å². The number of fused-ring (bicyclic) bond motifs is 2. The first-order chi connectivity index (χ1) is 15.8. The van der Waals surface area contributed by atoms with Crippen LogP contribution >= 0.6 is 0 Å². The number of ether oxygens (including phenoxy) is 4. The molecule has 5 rings (SSSR count). The molecule has 0 saturated heterocycles. The molecule has 32 heavy (non-hydrogen) atoms. The summed E-state index contributed by atoms with van der Waals surface area (Å²) >= 11 is 0. The number of aromatic nitrogens is 1. The fourth-order valence-electron chi connectivity index (χ4n) is 3.92. The molecule has 0 spiro atoms. The molecule has 0 amide bonds. The molecule has 0 bridgehead atoms. The van der Waals surface area contributed by atoms with Gasteiger partial charge in [-0.25, -0.2) is 0 Å². The van der Waals surface area contributed by atoms with E-state index < -0.39 is 0 Å². The molecule has 0 unspecified atom stereocenters. The van der Waals surface area contributed by atoms with Crippen LogP contribution in [0.5, 0.6) is 23.0 Å². The molecule has 0 saturated carbocycles. The summed E-state index contributed by atoms with van der Waals surface area (Å²) in [5, 5.41) is 0. The van der Waals surface area contributed by atoms with Gasteiger partial charge in [0.25, 0.3) is 0 Å². The SMILES string of the molecule is CC[n+]1c(/C=C/c2ccc3c(c2)OCCO3)cccc1/C=C/c1ccc2c(c1)OCCO2. The highest BCUT2D eigenvalue weighted by atomic mass is 16.6. The highest BCUT2D eigenvalue weighted by Gasteiger charge is 2.14. The quantitative estimate of drug-likeness (QED) is 0.544. The lowest BCUT2D eigenvalue weighted by Crippen LogP contribution is -2.38. The summed E-state index contributed by atoms with van der Waals surface area (Å²) in [5.41, 5.74) is 4.42. The van der Waals surface area contributed by atoms with Crippen LogP contribution in [0.4, 0.5) is 0 Å². The van der Waals surface area contributed by atoms with Gasteiger partial charge in [0.05, 0.1) is 0 Å². The predicted octanol–water partition coefficient (Wildman–Crippen LogP) is 4.88. The zero-order chi connectivity index (χ0) is 21.8. The van der Waals surface area contributed by atoms with Gasteiger partial charge in [0.15, 0.2) is 23.0 Å². The summed E-state index contributed by atoms with van der Waals surface area (Å²) in [7, 11) is 0. The van der Waals surface area contributed by atoms with Crippen molar-refractivity contribution in [3.63, 3.8) is 0 Å². The second-order valence-corrected chi connectivity index (χ2v) is 7.59. The molecule has 5 heteroatoms. The maximum absolute atomic E-state index is 5.70. The fraction of sp³-hybridized carbons (Fsp3) is 0.222. The summed E-state index contributed by atoms with van der Waals surface area (Å²) in [6.45, 7) is 5.41. The largest absolute Gasteiger partial charge is 0.486 e. The van der Waals surface area contributed by atoms with Gasteiger partial charge in [0.2, 0.25) is 11.4 Å². The van der Waals surface area contributed by atoms with Crippen LogP contribution in [0, 0.1) is 0 Å². The van der Waals surface area contributed by atoms with Gasteiger partial charge in [0.1, 0.15) is 33.0 Å². The van der Waals surface area contributed by atoms with Crippen LogP contribution in [0.3, 0.4) is 0 Å². The van der Waals surface area contributed by atoms with Gasteiger partial charge >= 0.3 is 0 Å². The maximum atomic E-state index is 5.70. The van der Waals surface area contributed by atoms with Crippen molar-refractivity contribution in [2.75, 3.05) is 26.4 Å². The summed E-state index contributed by atoms with van der Waals surface area (Å²) in [6.07, 6.45) is 8.48. The molecule has 0 aliphatic carbocycles. The first kappa shape index (κ1) is 20.2. The highest BCUT2D eigenvalue weighted by molar-refractivity contribution is 5.71. The fourth-order valence-corrected chi connectivity index (χ4v) is 3.92. The van der Waals surface area contributed by atoms with Crippen LogP contribution in [-0.4, -0.2) is 26.4 Å². The third-order valence-corrected chi connectivity index (χ3v) is 5.50. The van der Waals surface area contributed by atoms with E-state index >= 15 is 0 Å². The molecule has 2 aliphatic heterocycles. The van der Waals surface area contributed by atoms with Crippen molar-refractivity contribution in [2.45, 2.75) is 13.5 Å². The summed E-state index contributed by atoms with van der Waals surface area (Å²) in [4.78, 5) is 0. The smallest absolute Gasteiger partial charge is 0.205 e. The average Bonchev–Trinajstić information content (AvgIpc) is 2.85. The van der Waals surface area contributed by atoms with Crippen molar-refractivity contribution in [1.29, 1.82) is 0 Å². The standard InChI is InChI=1S/C27H26NO4/c1-2-28-22(10-6-20-8-12-24-26(18-20)31-16-14-29-24)4-3-5-23(28)11-7-21-9-13-25-27(19-21)32-17-15-30-25/h3-13,18-19H,2,14-17H2,1H3/q+1/b10-6+,11-7+. The molecule has 2 aromatic carbocycles. The monoisotopic (exact) mass is 428 g/mol. The van der Waals surface area contributed by atoms with Crippen molar-refractivity contribution < 1.29 is 23.5 Å². The Kier molecular flexibility index (Phi) is 5.79. The maximum Gasteiger partial charge on any atom is 0.205 e. The van der Waals surface area contributed by atoms with Crippen LogP contribution in [0.25, 0.3) is 24.3 Å². The first-order valence-electron chi connectivity index (χ1n) is 11.0. The lowest BCUT2D eigenvalue weighted by atomic mass is 10.1. The average molecular weight is 429 g/mol. The van der Waals surface area contributed by atoms with Gasteiger partial charge < -0.3 is 18.9 Å². The van der Waals surface area contributed by atoms with Gasteiger partial charge in [-0.15, -0.1) is 0 Å². The Labute approximate surface area is 188 Å². The van der Waals surface area contributed by atoms with E-state index in [0.29, 0.717) is 26.4 Å². The van der Waals surface area contributed by atoms with E-state index in [0.717, 1.165) is 52.1 Å². The lowest BCUT2D eigenvalue weighted by Gasteiger charge is -2.18. The van der Waals surface area contributed by atoms with Crippen LogP contribution < -0.4 is 23.5 Å². The first-order valence-corrected chi connectivity index (χ1v) is 11.0. The number of pyridine rings is 1. The van der Waals surface area contributed by atoms with E-state index in [9.17, 15) is 0 Å². The Bertz CT molecular complexity index is 1090. The zero-order valence-electron chi connectivity index (χ0n) is 18.1. The molecule has 3 aromatic rings. The predicted molar refractivity (Wildman–Crippen MR) is 125 cm³/mol. The molecule has 1 aromatic heterocycles. The normalized spacial score (nSPS) is 14.8. The number of hydrogen-bond acceptors (Lipinski definition) is 4. The summed E-state index contributed by atoms with van der Waals surface area (Å²) in [6, 6.07) is 18.4. The van der Waals surface area contributed by atoms with Crippen LogP contribution in [0.2, 0.25) is 0 Å². The lowest BCUT2D eigenvalue weighted by molar-refractivity contribution is -0.696. The number of rotatable bonds is 5. The summed E-state index contributed by atoms with van der Waals surface area (Å²) < 4.78 is 24.9. The number of benzene rings is 2. The van der Waals surface area contributed by atoms with Gasteiger partial charge in [-0.05, 0) is 60.5 Å². The van der Waals surface area contributed by atoms with E-state index in [2.05, 4.69) is 54.0 Å². The van der Waals surface area contributed by atoms with E-state index in [4.69, 9.17) is 18.9 Å². The van der Waals surface area contributed by atoms with Crippen molar-refractivity contribution in [3.8, 4) is 23.0 Å². The molecule has 2 aliphatic rings. The minimum absolute atomic E-state index is 0.591. The minimum Gasteiger partial charge on any atom is -0.486 e. The molecule has 0 atom stereocenters. The molecule has 0 fully saturated rings. The Hall–Kier alpha value is -3.73. The zero-order valence-corrected chi connectivity index (χ0v) is 18.1. The van der Waals surface area contributed by atoms with E-state index in [1.165, 1.54) is 0 Å². The summed E-state index contributed by atoms with van der Waals surface area (Å²) in [5.74, 6) is 3.22. The Balaban J connectivity index is 1.38. The van der Waals surface area contributed by atoms with Gasteiger partial charge in [-0.1, -0.05) is 12.1 Å². The van der Waals surface area contributed by atoms with Crippen molar-refractivity contribution in [3.05, 3.63) is 77.1 Å². The number of hydrogen-bond donors (Lipinski definition) is 0. The third-order valence-electron chi connectivity index (χ3n) is 5.50. The second-order valence-electron chi connectivity index (χ2n) is 7.59. The van der Waals surface area contributed by atoms with Crippen LogP contribution in [0.15, 0.2) is 54.6 Å². The molecule has 162 valence electrons. The van der Waals surface area contributed by atoms with Gasteiger partial charge in [-0.2, -0.15) is 4.57 Å². The minimum atomic E-state index is 0.591. The van der Waals surface area contributed by atoms with E-state index in [-0.39, 0.29) is 0 Å². The number of nitrogens with zero attached hydrogens (tertiary/aromatic N) is 1. The van der Waals surface area contributed by atoms with E-state index in [1.807, 2.05) is 36.4 Å². The Morgan fingerprint density at radius 2 is 1.09 bits per heavy atom. The van der Waals surface area contributed by atoms with E-state index in [1.54, 1.807) is 0 Å². The van der Waals surface area contributed by atoms with Gasteiger partial charge in [-0.3, -0.25) is 0 Å².